The molecule has 1 atom stereocenters. The molecule has 1 aromatic rings. The van der Waals surface area contributed by atoms with Crippen LogP contribution >= 0.6 is 0 Å². The summed E-state index contributed by atoms with van der Waals surface area (Å²) in [6.07, 6.45) is 3.41. The lowest BCUT2D eigenvalue weighted by Crippen LogP contribution is -2.40. The van der Waals surface area contributed by atoms with Gasteiger partial charge in [-0.15, -0.1) is 0 Å². The molecule has 0 aromatic heterocycles. The maximum atomic E-state index is 12.8. The molecule has 3 nitrogen and oxygen atoms in total. The predicted octanol–water partition coefficient (Wildman–Crippen LogP) is 2.60. The number of aliphatic hydroxyl groups is 1. The van der Waals surface area contributed by atoms with Gasteiger partial charge in [-0.2, -0.15) is 0 Å². The van der Waals surface area contributed by atoms with Gasteiger partial charge >= 0.3 is 0 Å². The van der Waals surface area contributed by atoms with E-state index in [1.807, 2.05) is 30.0 Å². The van der Waals surface area contributed by atoms with Crippen LogP contribution in [0.2, 0.25) is 0 Å². The number of carbonyl (C=O) groups is 1. The summed E-state index contributed by atoms with van der Waals surface area (Å²) in [7, 11) is 0. The molecule has 1 aromatic carbocycles. The molecular weight excluding hydrogens is 262 g/mol. The van der Waals surface area contributed by atoms with Crippen molar-refractivity contribution >= 4 is 5.91 Å². The van der Waals surface area contributed by atoms with E-state index in [9.17, 15) is 4.79 Å². The first kappa shape index (κ1) is 15.6. The smallest absolute Gasteiger partial charge is 0.255 e. The molecule has 3 heteroatoms. The van der Waals surface area contributed by atoms with Gasteiger partial charge in [-0.3, -0.25) is 4.79 Å². The minimum Gasteiger partial charge on any atom is -0.384 e. The van der Waals surface area contributed by atoms with Crippen molar-refractivity contribution in [3.05, 3.63) is 34.9 Å². The number of benzene rings is 1. The first-order valence-electron chi connectivity index (χ1n) is 7.65. The van der Waals surface area contributed by atoms with E-state index >= 15 is 0 Å². The maximum absolute atomic E-state index is 12.8. The first-order chi connectivity index (χ1) is 10.2. The summed E-state index contributed by atoms with van der Waals surface area (Å²) in [5.74, 6) is 6.20. The van der Waals surface area contributed by atoms with Crippen LogP contribution in [0.15, 0.2) is 18.2 Å². The fourth-order valence-electron chi connectivity index (χ4n) is 2.83. The molecule has 1 heterocycles. The van der Waals surface area contributed by atoms with Crippen molar-refractivity contribution in [3.8, 4) is 11.8 Å². The number of likely N-dealkylation sites (tertiary alicyclic amines) is 1. The molecule has 0 saturated carbocycles. The third-order valence-corrected chi connectivity index (χ3v) is 4.09. The van der Waals surface area contributed by atoms with Crippen LogP contribution in [-0.2, 0) is 0 Å². The minimum atomic E-state index is -0.191. The topological polar surface area (TPSA) is 40.5 Å². The molecule has 0 aliphatic carbocycles. The summed E-state index contributed by atoms with van der Waals surface area (Å²) in [6, 6.07) is 5.72. The highest BCUT2D eigenvalue weighted by Gasteiger charge is 2.24. The fourth-order valence-corrected chi connectivity index (χ4v) is 2.83. The summed E-state index contributed by atoms with van der Waals surface area (Å²) in [4.78, 5) is 14.7. The lowest BCUT2D eigenvalue weighted by atomic mass is 9.94. The van der Waals surface area contributed by atoms with Gasteiger partial charge < -0.3 is 10.0 Å². The highest BCUT2D eigenvalue weighted by Crippen LogP contribution is 2.22. The van der Waals surface area contributed by atoms with Gasteiger partial charge in [0.15, 0.2) is 0 Å². The Bertz CT molecular complexity index is 568. The SMILES string of the molecule is CCC1CCCN(C(=O)c2cc(C)ccc2C#CCO)C1. The van der Waals surface area contributed by atoms with Crippen LogP contribution in [0.25, 0.3) is 0 Å². The molecule has 1 aliphatic rings. The van der Waals surface area contributed by atoms with Crippen LogP contribution in [0.4, 0.5) is 0 Å². The van der Waals surface area contributed by atoms with Crippen molar-refractivity contribution in [2.45, 2.75) is 33.1 Å². The number of hydrogen-bond donors (Lipinski definition) is 1. The number of rotatable bonds is 2. The second-order valence-electron chi connectivity index (χ2n) is 5.68. The van der Waals surface area contributed by atoms with Gasteiger partial charge in [0.25, 0.3) is 5.91 Å². The fraction of sp³-hybridized carbons (Fsp3) is 0.500. The quantitative estimate of drug-likeness (QED) is 0.849. The molecule has 1 saturated heterocycles. The van der Waals surface area contributed by atoms with Crippen molar-refractivity contribution in [3.63, 3.8) is 0 Å². The Balaban J connectivity index is 2.27. The predicted molar refractivity (Wildman–Crippen MR) is 84.1 cm³/mol. The Morgan fingerprint density at radius 2 is 2.29 bits per heavy atom. The summed E-state index contributed by atoms with van der Waals surface area (Å²) in [5, 5.41) is 8.86. The van der Waals surface area contributed by atoms with Crippen molar-refractivity contribution in [2.75, 3.05) is 19.7 Å². The zero-order valence-electron chi connectivity index (χ0n) is 12.9. The average molecular weight is 285 g/mol. The molecule has 0 spiro atoms. The molecule has 21 heavy (non-hydrogen) atoms. The van der Waals surface area contributed by atoms with Gasteiger partial charge in [0.2, 0.25) is 0 Å². The highest BCUT2D eigenvalue weighted by molar-refractivity contribution is 5.97. The maximum Gasteiger partial charge on any atom is 0.255 e. The van der Waals surface area contributed by atoms with Gasteiger partial charge in [-0.05, 0) is 37.8 Å². The molecule has 1 amide bonds. The molecule has 1 unspecified atom stereocenters. The Morgan fingerprint density at radius 3 is 3.00 bits per heavy atom. The van der Waals surface area contributed by atoms with E-state index in [1.165, 1.54) is 6.42 Å². The van der Waals surface area contributed by atoms with Crippen LogP contribution in [0, 0.1) is 24.7 Å². The zero-order chi connectivity index (χ0) is 15.2. The number of amides is 1. The van der Waals surface area contributed by atoms with Gasteiger partial charge in [0.1, 0.15) is 6.61 Å². The van der Waals surface area contributed by atoms with Gasteiger partial charge in [-0.1, -0.05) is 36.8 Å². The van der Waals surface area contributed by atoms with E-state index in [2.05, 4.69) is 18.8 Å². The molecule has 0 radical (unpaired) electrons. The normalized spacial score (nSPS) is 18.0. The van der Waals surface area contributed by atoms with Gasteiger partial charge in [-0.25, -0.2) is 0 Å². The van der Waals surface area contributed by atoms with Crippen molar-refractivity contribution in [1.82, 2.24) is 4.90 Å². The molecule has 2 rings (SSSR count). The number of nitrogens with zero attached hydrogens (tertiary/aromatic N) is 1. The molecule has 1 fully saturated rings. The monoisotopic (exact) mass is 285 g/mol. The third-order valence-electron chi connectivity index (χ3n) is 4.09. The molecule has 112 valence electrons. The van der Waals surface area contributed by atoms with E-state index in [1.54, 1.807) is 0 Å². The van der Waals surface area contributed by atoms with Crippen LogP contribution in [0.3, 0.4) is 0 Å². The Morgan fingerprint density at radius 1 is 1.48 bits per heavy atom. The average Bonchev–Trinajstić information content (AvgIpc) is 2.53. The largest absolute Gasteiger partial charge is 0.384 e. The summed E-state index contributed by atoms with van der Waals surface area (Å²) < 4.78 is 0. The van der Waals surface area contributed by atoms with Crippen LogP contribution in [0.1, 0.15) is 47.7 Å². The minimum absolute atomic E-state index is 0.0686. The number of carbonyl (C=O) groups excluding carboxylic acids is 1. The number of aliphatic hydroxyl groups excluding tert-OH is 1. The molecular formula is C18H23NO2. The van der Waals surface area contributed by atoms with Gasteiger partial charge in [0.05, 0.1) is 5.56 Å². The lowest BCUT2D eigenvalue weighted by Gasteiger charge is -2.32. The van der Waals surface area contributed by atoms with E-state index in [-0.39, 0.29) is 12.5 Å². The number of aryl methyl sites for hydroxylation is 1. The Labute approximate surface area is 127 Å². The highest BCUT2D eigenvalue weighted by atomic mass is 16.2. The third kappa shape index (κ3) is 3.86. The van der Waals surface area contributed by atoms with E-state index < -0.39 is 0 Å². The summed E-state index contributed by atoms with van der Waals surface area (Å²) in [5.41, 5.74) is 2.42. The zero-order valence-corrected chi connectivity index (χ0v) is 12.9. The second kappa shape index (κ2) is 7.28. The van der Waals surface area contributed by atoms with Gasteiger partial charge in [0, 0.05) is 18.7 Å². The molecule has 1 aliphatic heterocycles. The Hall–Kier alpha value is -1.79. The number of piperidine rings is 1. The van der Waals surface area contributed by atoms with E-state index in [0.29, 0.717) is 17.0 Å². The van der Waals surface area contributed by atoms with Crippen molar-refractivity contribution < 1.29 is 9.90 Å². The van der Waals surface area contributed by atoms with Crippen LogP contribution in [0.5, 0.6) is 0 Å². The lowest BCUT2D eigenvalue weighted by molar-refractivity contribution is 0.0671. The molecule has 0 bridgehead atoms. The van der Waals surface area contributed by atoms with E-state index in [4.69, 9.17) is 5.11 Å². The number of hydrogen-bond acceptors (Lipinski definition) is 2. The van der Waals surface area contributed by atoms with Crippen LogP contribution in [-0.4, -0.2) is 35.6 Å². The van der Waals surface area contributed by atoms with Crippen molar-refractivity contribution in [1.29, 1.82) is 0 Å². The Kier molecular flexibility index (Phi) is 5.41. The first-order valence-corrected chi connectivity index (χ1v) is 7.65. The van der Waals surface area contributed by atoms with E-state index in [0.717, 1.165) is 31.5 Å². The summed E-state index contributed by atoms with van der Waals surface area (Å²) >= 11 is 0. The second-order valence-corrected chi connectivity index (χ2v) is 5.68. The summed E-state index contributed by atoms with van der Waals surface area (Å²) in [6.45, 7) is 5.64. The standard InChI is InChI=1S/C18H23NO2/c1-3-15-6-4-10-19(13-15)18(21)17-12-14(2)8-9-16(17)7-5-11-20/h8-9,12,15,20H,3-4,6,10-11,13H2,1-2H3. The van der Waals surface area contributed by atoms with Crippen molar-refractivity contribution in [2.24, 2.45) is 5.92 Å². The molecule has 1 N–H and O–H groups in total. The van der Waals surface area contributed by atoms with Crippen LogP contribution < -0.4 is 0 Å².